The van der Waals surface area contributed by atoms with E-state index >= 15 is 0 Å². The molecule has 0 aliphatic carbocycles. The van der Waals surface area contributed by atoms with Gasteiger partial charge in [-0.3, -0.25) is 0 Å². The number of ether oxygens (including phenoxy) is 2. The number of hydrogen-bond donors (Lipinski definition) is 0. The normalized spacial score (nSPS) is 12.0. The summed E-state index contributed by atoms with van der Waals surface area (Å²) in [6, 6.07) is 26.0. The molecule has 0 radical (unpaired) electrons. The van der Waals surface area contributed by atoms with Gasteiger partial charge in [0, 0.05) is 6.61 Å². The fourth-order valence-corrected chi connectivity index (χ4v) is 4.26. The standard InChI is InChI=1S/C32H42O2/c1-4-6-8-9-13-24-33-26(3)27-16-18-28(19-17-27)31-14-10-11-15-32(31)29-20-22-30(23-21-29)34-25-12-7-5-2/h10-11,14-23,26H,4-9,12-13,24-25H2,1-3H3. The Labute approximate surface area is 207 Å². The first-order chi connectivity index (χ1) is 16.7. The average Bonchev–Trinajstić information content (AvgIpc) is 2.89. The Morgan fingerprint density at radius 2 is 1.12 bits per heavy atom. The Kier molecular flexibility index (Phi) is 11.2. The smallest absolute Gasteiger partial charge is 0.119 e. The van der Waals surface area contributed by atoms with E-state index in [9.17, 15) is 0 Å². The molecule has 0 aromatic heterocycles. The van der Waals surface area contributed by atoms with Crippen molar-refractivity contribution in [3.05, 3.63) is 78.4 Å². The van der Waals surface area contributed by atoms with E-state index < -0.39 is 0 Å². The highest BCUT2D eigenvalue weighted by Crippen LogP contribution is 2.33. The van der Waals surface area contributed by atoms with Crippen LogP contribution in [0.5, 0.6) is 5.75 Å². The molecule has 34 heavy (non-hydrogen) atoms. The van der Waals surface area contributed by atoms with Crippen LogP contribution < -0.4 is 4.74 Å². The molecule has 2 heteroatoms. The van der Waals surface area contributed by atoms with Crippen molar-refractivity contribution in [1.29, 1.82) is 0 Å². The highest BCUT2D eigenvalue weighted by atomic mass is 16.5. The molecule has 0 amide bonds. The van der Waals surface area contributed by atoms with Crippen LogP contribution in [-0.4, -0.2) is 13.2 Å². The lowest BCUT2D eigenvalue weighted by Crippen LogP contribution is -2.01. The van der Waals surface area contributed by atoms with Gasteiger partial charge in [0.05, 0.1) is 12.7 Å². The van der Waals surface area contributed by atoms with Gasteiger partial charge in [0.1, 0.15) is 5.75 Å². The number of benzene rings is 3. The molecule has 182 valence electrons. The Bertz CT molecular complexity index is 944. The monoisotopic (exact) mass is 458 g/mol. The Hall–Kier alpha value is -2.58. The highest BCUT2D eigenvalue weighted by Gasteiger charge is 2.10. The predicted molar refractivity (Wildman–Crippen MR) is 145 cm³/mol. The average molecular weight is 459 g/mol. The number of hydrogen-bond acceptors (Lipinski definition) is 2. The van der Waals surface area contributed by atoms with Crippen molar-refractivity contribution in [3.8, 4) is 28.0 Å². The van der Waals surface area contributed by atoms with Crippen molar-refractivity contribution < 1.29 is 9.47 Å². The minimum Gasteiger partial charge on any atom is -0.494 e. The lowest BCUT2D eigenvalue weighted by molar-refractivity contribution is 0.0627. The zero-order valence-electron chi connectivity index (χ0n) is 21.4. The van der Waals surface area contributed by atoms with Gasteiger partial charge >= 0.3 is 0 Å². The van der Waals surface area contributed by atoms with Crippen LogP contribution in [0, 0.1) is 0 Å². The van der Waals surface area contributed by atoms with Gasteiger partial charge in [-0.1, -0.05) is 113 Å². The SMILES string of the molecule is CCCCCCCOC(C)c1ccc(-c2ccccc2-c2ccc(OCCCCC)cc2)cc1. The molecule has 0 aliphatic heterocycles. The molecular formula is C32H42O2. The maximum atomic E-state index is 6.09. The molecule has 3 aromatic carbocycles. The third-order valence-electron chi connectivity index (χ3n) is 6.42. The summed E-state index contributed by atoms with van der Waals surface area (Å²) in [4.78, 5) is 0. The fourth-order valence-electron chi connectivity index (χ4n) is 4.26. The Balaban J connectivity index is 1.62. The van der Waals surface area contributed by atoms with Crippen LogP contribution >= 0.6 is 0 Å². The van der Waals surface area contributed by atoms with E-state index in [1.807, 2.05) is 0 Å². The van der Waals surface area contributed by atoms with Gasteiger partial charge in [-0.05, 0) is 59.7 Å². The summed E-state index contributed by atoms with van der Waals surface area (Å²) in [5.74, 6) is 0.945. The molecule has 0 aliphatic rings. The van der Waals surface area contributed by atoms with Crippen molar-refractivity contribution in [3.63, 3.8) is 0 Å². The largest absolute Gasteiger partial charge is 0.494 e. The first kappa shape index (κ1) is 26.0. The van der Waals surface area contributed by atoms with Gasteiger partial charge in [0.15, 0.2) is 0 Å². The topological polar surface area (TPSA) is 18.5 Å². The highest BCUT2D eigenvalue weighted by molar-refractivity contribution is 5.83. The van der Waals surface area contributed by atoms with Gasteiger partial charge in [-0.15, -0.1) is 0 Å². The minimum absolute atomic E-state index is 0.125. The van der Waals surface area contributed by atoms with E-state index in [1.165, 1.54) is 66.3 Å². The Morgan fingerprint density at radius 1 is 0.588 bits per heavy atom. The molecule has 3 aromatic rings. The van der Waals surface area contributed by atoms with Crippen molar-refractivity contribution in [2.24, 2.45) is 0 Å². The van der Waals surface area contributed by atoms with Crippen LogP contribution in [0.3, 0.4) is 0 Å². The maximum Gasteiger partial charge on any atom is 0.119 e. The second kappa shape index (κ2) is 14.6. The van der Waals surface area contributed by atoms with Gasteiger partial charge in [-0.2, -0.15) is 0 Å². The zero-order chi connectivity index (χ0) is 24.0. The van der Waals surface area contributed by atoms with E-state index in [0.717, 1.165) is 31.8 Å². The van der Waals surface area contributed by atoms with Crippen molar-refractivity contribution in [2.75, 3.05) is 13.2 Å². The maximum absolute atomic E-state index is 6.09. The van der Waals surface area contributed by atoms with Crippen LogP contribution in [0.2, 0.25) is 0 Å². The zero-order valence-corrected chi connectivity index (χ0v) is 21.4. The quantitative estimate of drug-likeness (QED) is 0.211. The summed E-state index contributed by atoms with van der Waals surface area (Å²) >= 11 is 0. The molecule has 0 saturated heterocycles. The minimum atomic E-state index is 0.125. The third kappa shape index (κ3) is 8.02. The van der Waals surface area contributed by atoms with Crippen LogP contribution in [0.25, 0.3) is 22.3 Å². The molecule has 0 fully saturated rings. The molecule has 0 heterocycles. The molecular weight excluding hydrogens is 416 g/mol. The lowest BCUT2D eigenvalue weighted by Gasteiger charge is -2.15. The second-order valence-electron chi connectivity index (χ2n) is 9.17. The summed E-state index contributed by atoms with van der Waals surface area (Å²) in [5.41, 5.74) is 6.16. The molecule has 1 atom stereocenters. The summed E-state index contributed by atoms with van der Waals surface area (Å²) in [6.07, 6.45) is 10.0. The first-order valence-corrected chi connectivity index (χ1v) is 13.3. The van der Waals surface area contributed by atoms with Crippen molar-refractivity contribution in [1.82, 2.24) is 0 Å². The lowest BCUT2D eigenvalue weighted by atomic mass is 9.94. The summed E-state index contributed by atoms with van der Waals surface area (Å²) in [7, 11) is 0. The van der Waals surface area contributed by atoms with E-state index in [4.69, 9.17) is 9.47 Å². The van der Waals surface area contributed by atoms with Crippen LogP contribution in [0.4, 0.5) is 0 Å². The second-order valence-corrected chi connectivity index (χ2v) is 9.17. The first-order valence-electron chi connectivity index (χ1n) is 13.3. The molecule has 0 spiro atoms. The van der Waals surface area contributed by atoms with E-state index in [0.29, 0.717) is 0 Å². The molecule has 1 unspecified atom stereocenters. The van der Waals surface area contributed by atoms with Gasteiger partial charge in [0.25, 0.3) is 0 Å². The van der Waals surface area contributed by atoms with Crippen molar-refractivity contribution in [2.45, 2.75) is 78.2 Å². The van der Waals surface area contributed by atoms with Crippen LogP contribution in [-0.2, 0) is 4.74 Å². The van der Waals surface area contributed by atoms with E-state index in [1.54, 1.807) is 0 Å². The number of unbranched alkanes of at least 4 members (excludes halogenated alkanes) is 6. The molecule has 3 rings (SSSR count). The number of rotatable bonds is 15. The van der Waals surface area contributed by atoms with Crippen LogP contribution in [0.1, 0.15) is 83.8 Å². The summed E-state index contributed by atoms with van der Waals surface area (Å²) < 4.78 is 12.0. The third-order valence-corrected chi connectivity index (χ3v) is 6.42. The van der Waals surface area contributed by atoms with Gasteiger partial charge in [-0.25, -0.2) is 0 Å². The fraction of sp³-hybridized carbons (Fsp3) is 0.438. The van der Waals surface area contributed by atoms with Gasteiger partial charge < -0.3 is 9.47 Å². The predicted octanol–water partition coefficient (Wildman–Crippen LogP) is 9.64. The summed E-state index contributed by atoms with van der Waals surface area (Å²) in [5, 5.41) is 0. The summed E-state index contributed by atoms with van der Waals surface area (Å²) in [6.45, 7) is 8.25. The molecule has 0 saturated carbocycles. The van der Waals surface area contributed by atoms with E-state index in [-0.39, 0.29) is 6.10 Å². The Morgan fingerprint density at radius 3 is 1.74 bits per heavy atom. The van der Waals surface area contributed by atoms with Gasteiger partial charge in [0.2, 0.25) is 0 Å². The van der Waals surface area contributed by atoms with Crippen molar-refractivity contribution >= 4 is 0 Å². The molecule has 0 bridgehead atoms. The van der Waals surface area contributed by atoms with Crippen LogP contribution in [0.15, 0.2) is 72.8 Å². The molecule has 0 N–H and O–H groups in total. The molecule has 2 nitrogen and oxygen atoms in total. The van der Waals surface area contributed by atoms with E-state index in [2.05, 4.69) is 93.6 Å².